The first-order chi connectivity index (χ1) is 40.4. The number of benzene rings is 9. The van der Waals surface area contributed by atoms with E-state index in [9.17, 15) is 0 Å². The molecule has 434 valence electrons. The molecule has 4 aliphatic heterocycles. The molecule has 86 heavy (non-hydrogen) atoms. The Labute approximate surface area is 527 Å². The summed E-state index contributed by atoms with van der Waals surface area (Å²) in [6.07, 6.45) is 0. The molecule has 0 unspecified atom stereocenters. The van der Waals surface area contributed by atoms with E-state index in [0.717, 1.165) is 34.4 Å². The fraction of sp³-hybridized carbons (Fsp3) is 0.308. The van der Waals surface area contributed by atoms with Gasteiger partial charge in [0.15, 0.2) is 0 Å². The molecular weight excluding hydrogens is 1180 g/mol. The first-order valence-electron chi connectivity index (χ1n) is 30.9. The molecule has 0 aliphatic carbocycles. The number of hydrogen-bond acceptors (Lipinski definition) is 4. The number of nitrogens with zero attached hydrogens (tertiary/aromatic N) is 2. The van der Waals surface area contributed by atoms with E-state index in [1.165, 1.54) is 107 Å². The molecule has 8 heteroatoms. The summed E-state index contributed by atoms with van der Waals surface area (Å²) in [5.41, 5.74) is 23.1. The Morgan fingerprint density at radius 1 is 0.267 bits per heavy atom. The average molecular weight is 1260 g/mol. The molecule has 0 N–H and O–H groups in total. The number of anilines is 6. The van der Waals surface area contributed by atoms with Crippen LogP contribution in [0.2, 0.25) is 0 Å². The van der Waals surface area contributed by atoms with Gasteiger partial charge in [-0.1, -0.05) is 0 Å². The Morgan fingerprint density at radius 2 is 0.570 bits per heavy atom. The molecule has 0 saturated carbocycles. The summed E-state index contributed by atoms with van der Waals surface area (Å²) in [6, 6.07) is 66.0. The number of ether oxygens (including phenoxy) is 2. The summed E-state index contributed by atoms with van der Waals surface area (Å²) in [6.45, 7) is 41.6. The van der Waals surface area contributed by atoms with Crippen LogP contribution in [0.5, 0.6) is 23.0 Å². The van der Waals surface area contributed by atoms with Crippen molar-refractivity contribution in [1.82, 2.24) is 0 Å². The van der Waals surface area contributed by atoms with E-state index in [1.807, 2.05) is 0 Å². The van der Waals surface area contributed by atoms with Gasteiger partial charge < -0.3 is 0 Å². The van der Waals surface area contributed by atoms with Crippen LogP contribution in [0, 0.1) is 0 Å². The van der Waals surface area contributed by atoms with Gasteiger partial charge in [-0.2, -0.15) is 0 Å². The molecule has 9 aromatic rings. The van der Waals surface area contributed by atoms with Crippen molar-refractivity contribution < 1.29 is 9.47 Å². The number of fused-ring (bicyclic) bond motifs is 8. The zero-order valence-corrected chi connectivity index (χ0v) is 57.3. The van der Waals surface area contributed by atoms with E-state index in [4.69, 9.17) is 9.47 Å². The van der Waals surface area contributed by atoms with E-state index in [-0.39, 0.29) is 75.8 Å². The summed E-state index contributed by atoms with van der Waals surface area (Å²) < 4.78 is 19.8. The van der Waals surface area contributed by atoms with Crippen LogP contribution in [0.15, 0.2) is 170 Å². The van der Waals surface area contributed by atoms with Crippen LogP contribution in [-0.2, 0) is 32.5 Å². The van der Waals surface area contributed by atoms with Crippen LogP contribution in [0.4, 0.5) is 34.1 Å². The van der Waals surface area contributed by atoms with Crippen molar-refractivity contribution >= 4 is 128 Å². The average Bonchev–Trinajstić information content (AvgIpc) is 0.813. The fourth-order valence-corrected chi connectivity index (χ4v) is 18.0. The van der Waals surface area contributed by atoms with Gasteiger partial charge in [-0.25, -0.2) is 0 Å². The summed E-state index contributed by atoms with van der Waals surface area (Å²) in [4.78, 5) is 5.19. The van der Waals surface area contributed by atoms with E-state index >= 15 is 0 Å². The molecule has 0 radical (unpaired) electrons. The van der Waals surface area contributed by atoms with Crippen molar-refractivity contribution in [1.29, 1.82) is 0 Å². The monoisotopic (exact) mass is 1260 g/mol. The molecule has 0 spiro atoms. The third kappa shape index (κ3) is 10.5. The number of rotatable bonds is 6. The first kappa shape index (κ1) is 58.4. The fourth-order valence-electron chi connectivity index (χ4n) is 13.1. The molecule has 0 atom stereocenters. The van der Waals surface area contributed by atoms with Gasteiger partial charge in [-0.3, -0.25) is 0 Å². The van der Waals surface area contributed by atoms with E-state index in [1.54, 1.807) is 0 Å². The van der Waals surface area contributed by atoms with E-state index < -0.39 is 0 Å². The van der Waals surface area contributed by atoms with Gasteiger partial charge >= 0.3 is 531 Å². The molecule has 13 rings (SSSR count). The van der Waals surface area contributed by atoms with Gasteiger partial charge in [0.05, 0.1) is 0 Å². The Hall–Kier alpha value is -6.65. The maximum atomic E-state index is 7.09. The van der Waals surface area contributed by atoms with Crippen molar-refractivity contribution in [2.75, 3.05) is 9.80 Å². The molecule has 0 amide bonds. The van der Waals surface area contributed by atoms with Crippen LogP contribution in [-0.4, -0.2) is 43.3 Å². The Balaban J connectivity index is 1.11. The normalized spacial score (nSPS) is 14.4. The Kier molecular flexibility index (Phi) is 13.9. The zero-order chi connectivity index (χ0) is 60.9. The number of hydrogen-bond donors (Lipinski definition) is 0. The summed E-state index contributed by atoms with van der Waals surface area (Å²) in [5, 5.41) is 0. The third-order valence-corrected chi connectivity index (χ3v) is 23.1. The second-order valence-electron chi connectivity index (χ2n) is 30.8. The first-order valence-corrected chi connectivity index (χ1v) is 34.4. The molecule has 4 heterocycles. The second kappa shape index (κ2) is 20.5. The van der Waals surface area contributed by atoms with Crippen LogP contribution >= 0.6 is 0 Å². The Morgan fingerprint density at radius 3 is 0.884 bits per heavy atom. The van der Waals surface area contributed by atoms with Crippen molar-refractivity contribution in [2.45, 2.75) is 157 Å². The van der Waals surface area contributed by atoms with E-state index in [0.29, 0.717) is 0 Å². The van der Waals surface area contributed by atoms with Crippen LogP contribution in [0.1, 0.15) is 158 Å². The van der Waals surface area contributed by atoms with Crippen LogP contribution in [0.25, 0.3) is 0 Å². The van der Waals surface area contributed by atoms with Gasteiger partial charge in [0.2, 0.25) is 0 Å². The molecule has 0 fully saturated rings. The Bertz CT molecular complexity index is 3900. The van der Waals surface area contributed by atoms with Crippen molar-refractivity contribution in [2.24, 2.45) is 0 Å². The minimum atomic E-state index is -0.0422. The summed E-state index contributed by atoms with van der Waals surface area (Å²) in [7, 11) is 0. The van der Waals surface area contributed by atoms with Crippen molar-refractivity contribution in [3.63, 3.8) is 0 Å². The third-order valence-electron chi connectivity index (χ3n) is 18.2. The quantitative estimate of drug-likeness (QED) is 0.155. The van der Waals surface area contributed by atoms with Gasteiger partial charge in [-0.05, 0) is 0 Å². The second-order valence-corrected chi connectivity index (χ2v) is 35.3. The summed E-state index contributed by atoms with van der Waals surface area (Å²) >= 11 is 0.00254. The minimum absolute atomic E-state index is 0.00127. The molecular formula is C78H82B2N2O2Se2. The van der Waals surface area contributed by atoms with Gasteiger partial charge in [-0.15, -0.1) is 0 Å². The van der Waals surface area contributed by atoms with Crippen LogP contribution < -0.4 is 69.9 Å². The van der Waals surface area contributed by atoms with E-state index in [2.05, 4.69) is 304 Å². The zero-order valence-electron chi connectivity index (χ0n) is 53.8. The predicted molar refractivity (Wildman–Crippen MR) is 373 cm³/mol. The molecule has 4 aliphatic rings. The standard InChI is InChI=1S/C78H82B2N2O2Se2/c1-73(2,3)47-19-29-53(30-20-47)81-63-46-64-60(45-59(63)79-61-39-51(77(13,14)15)27-37-67(61)85-69-43-57(41-65(81)71(69)79)83-55-33-23-49(24-34-55)75(7,8)9)80-62-40-52(78(16,17)18)28-38-68(62)86-70-44-58(84-56-35-25-50(26-36-56)76(10,11)12)42-66(72(70)80)82(64)54-31-21-48(22-32-54)74(4,5)6/h19-46H,1-18H3. The van der Waals surface area contributed by atoms with Crippen molar-refractivity contribution in [3.8, 4) is 23.0 Å². The topological polar surface area (TPSA) is 24.9 Å². The van der Waals surface area contributed by atoms with Crippen LogP contribution in [0.3, 0.4) is 0 Å². The molecule has 0 bridgehead atoms. The molecule has 4 nitrogen and oxygen atoms in total. The van der Waals surface area contributed by atoms with Gasteiger partial charge in [0.25, 0.3) is 0 Å². The molecule has 9 aromatic carbocycles. The molecule has 0 saturated heterocycles. The van der Waals surface area contributed by atoms with Gasteiger partial charge in [0.1, 0.15) is 0 Å². The predicted octanol–water partition coefficient (Wildman–Crippen LogP) is 13.6. The van der Waals surface area contributed by atoms with Gasteiger partial charge in [0, 0.05) is 0 Å². The molecule has 0 aromatic heterocycles. The summed E-state index contributed by atoms with van der Waals surface area (Å²) in [5.74, 6) is 3.39. The SMILES string of the molecule is CC(C)(C)c1ccc(Oc2cc3c4c(c2)N(c2ccc(C(C)(C)C)cc2)c2cc5c(cc2B4c2cc(C(C)(C)C)ccc2[Se]3)B2c3cc(C(C)(C)C)ccc3[Se]c3cc(Oc4ccc(C(C)(C)C)cc4)cc(c32)N5c2ccc(C(C)(C)C)cc2)cc1. The maximum absolute atomic E-state index is 7.09. The van der Waals surface area contributed by atoms with Crippen molar-refractivity contribution in [3.05, 3.63) is 203 Å².